The number of rotatable bonds is 6. The molecule has 2 nitrogen and oxygen atoms in total. The minimum atomic E-state index is -4.46. The Kier molecular flexibility index (Phi) is 5.79. The molecule has 1 unspecified atom stereocenters. The van der Waals surface area contributed by atoms with Crippen molar-refractivity contribution in [3.05, 3.63) is 93.2 Å². The van der Waals surface area contributed by atoms with E-state index in [1.54, 1.807) is 29.6 Å². The standard InChI is InChI=1S/C22H17F3O2S/c1-14-4-6-15(7-5-14)19(26)13-18(20-3-2-12-28-20)21(27)16-8-10-17(11-9-16)22(23,24)25/h2-12,18H,13H2,1H3. The summed E-state index contributed by atoms with van der Waals surface area (Å²) in [5.74, 6) is -1.28. The van der Waals surface area contributed by atoms with Crippen LogP contribution >= 0.6 is 11.3 Å². The Hall–Kier alpha value is -2.73. The van der Waals surface area contributed by atoms with Crippen molar-refractivity contribution in [2.75, 3.05) is 0 Å². The lowest BCUT2D eigenvalue weighted by atomic mass is 9.89. The smallest absolute Gasteiger partial charge is 0.294 e. The second-order valence-corrected chi connectivity index (χ2v) is 7.48. The molecule has 0 N–H and O–H groups in total. The van der Waals surface area contributed by atoms with E-state index in [0.717, 1.165) is 17.7 Å². The molecule has 1 heterocycles. The lowest BCUT2D eigenvalue weighted by Crippen LogP contribution is -2.17. The Labute approximate surface area is 164 Å². The van der Waals surface area contributed by atoms with E-state index in [-0.39, 0.29) is 23.6 Å². The van der Waals surface area contributed by atoms with E-state index in [4.69, 9.17) is 0 Å². The molecule has 0 aliphatic rings. The molecule has 28 heavy (non-hydrogen) atoms. The topological polar surface area (TPSA) is 34.1 Å². The molecule has 0 aliphatic carbocycles. The average Bonchev–Trinajstić information content (AvgIpc) is 3.20. The summed E-state index contributed by atoms with van der Waals surface area (Å²) in [6.45, 7) is 1.91. The summed E-state index contributed by atoms with van der Waals surface area (Å²) < 4.78 is 38.3. The highest BCUT2D eigenvalue weighted by molar-refractivity contribution is 7.10. The molecule has 1 atom stereocenters. The first-order chi connectivity index (χ1) is 13.3. The van der Waals surface area contributed by atoms with Gasteiger partial charge in [0.15, 0.2) is 11.6 Å². The zero-order valence-corrected chi connectivity index (χ0v) is 15.8. The number of Topliss-reactive ketones (excluding diaryl/α,β-unsaturated/α-hetero) is 2. The van der Waals surface area contributed by atoms with E-state index in [1.807, 2.05) is 19.1 Å². The maximum absolute atomic E-state index is 13.0. The highest BCUT2D eigenvalue weighted by atomic mass is 32.1. The number of carbonyl (C=O) groups excluding carboxylic acids is 2. The van der Waals surface area contributed by atoms with Gasteiger partial charge in [-0.05, 0) is 30.5 Å². The van der Waals surface area contributed by atoms with Crippen LogP contribution in [-0.2, 0) is 6.18 Å². The number of thiophene rings is 1. The molecule has 1 aromatic heterocycles. The van der Waals surface area contributed by atoms with E-state index in [9.17, 15) is 22.8 Å². The number of ketones is 2. The highest BCUT2D eigenvalue weighted by Crippen LogP contribution is 2.32. The van der Waals surface area contributed by atoms with Crippen LogP contribution in [0.25, 0.3) is 0 Å². The third-order valence-corrected chi connectivity index (χ3v) is 5.45. The Morgan fingerprint density at radius 3 is 2.07 bits per heavy atom. The predicted molar refractivity (Wildman–Crippen MR) is 103 cm³/mol. The summed E-state index contributed by atoms with van der Waals surface area (Å²) in [5, 5.41) is 1.80. The van der Waals surface area contributed by atoms with Gasteiger partial charge in [-0.1, -0.05) is 48.0 Å². The van der Waals surface area contributed by atoms with Gasteiger partial charge in [-0.25, -0.2) is 0 Å². The van der Waals surface area contributed by atoms with E-state index in [1.165, 1.54) is 23.5 Å². The molecule has 3 aromatic rings. The summed E-state index contributed by atoms with van der Waals surface area (Å²) in [6, 6.07) is 14.7. The quantitative estimate of drug-likeness (QED) is 0.453. The molecule has 3 rings (SSSR count). The van der Waals surface area contributed by atoms with Crippen LogP contribution in [0.15, 0.2) is 66.0 Å². The largest absolute Gasteiger partial charge is 0.416 e. The number of aryl methyl sites for hydroxylation is 1. The third-order valence-electron chi connectivity index (χ3n) is 4.46. The first-order valence-corrected chi connectivity index (χ1v) is 9.48. The first kappa shape index (κ1) is 20.0. The molecular weight excluding hydrogens is 385 g/mol. The molecule has 0 bridgehead atoms. The first-order valence-electron chi connectivity index (χ1n) is 8.60. The normalized spacial score (nSPS) is 12.6. The second-order valence-electron chi connectivity index (χ2n) is 6.50. The van der Waals surface area contributed by atoms with Crippen molar-refractivity contribution in [2.45, 2.75) is 25.4 Å². The van der Waals surface area contributed by atoms with Gasteiger partial charge in [0.05, 0.1) is 11.5 Å². The van der Waals surface area contributed by atoms with Gasteiger partial charge in [0, 0.05) is 22.4 Å². The van der Waals surface area contributed by atoms with Crippen molar-refractivity contribution in [1.29, 1.82) is 0 Å². The third kappa shape index (κ3) is 4.57. The fourth-order valence-corrected chi connectivity index (χ4v) is 3.71. The molecule has 0 amide bonds. The zero-order valence-electron chi connectivity index (χ0n) is 15.0. The van der Waals surface area contributed by atoms with E-state index in [2.05, 4.69) is 0 Å². The van der Waals surface area contributed by atoms with Crippen LogP contribution in [0.1, 0.15) is 49.1 Å². The molecule has 0 radical (unpaired) electrons. The Bertz CT molecular complexity index is 957. The fourth-order valence-electron chi connectivity index (χ4n) is 2.88. The second kappa shape index (κ2) is 8.10. The Balaban J connectivity index is 1.87. The van der Waals surface area contributed by atoms with Gasteiger partial charge in [0.2, 0.25) is 0 Å². The lowest BCUT2D eigenvalue weighted by Gasteiger charge is -2.15. The van der Waals surface area contributed by atoms with Gasteiger partial charge >= 0.3 is 6.18 Å². The minimum absolute atomic E-state index is 0.0383. The minimum Gasteiger partial charge on any atom is -0.294 e. The number of carbonyl (C=O) groups is 2. The zero-order chi connectivity index (χ0) is 20.3. The number of hydrogen-bond donors (Lipinski definition) is 0. The molecule has 144 valence electrons. The molecule has 0 aliphatic heterocycles. The van der Waals surface area contributed by atoms with Crippen LogP contribution in [0.4, 0.5) is 13.2 Å². The van der Waals surface area contributed by atoms with Crippen molar-refractivity contribution >= 4 is 22.9 Å². The van der Waals surface area contributed by atoms with Gasteiger partial charge in [-0.15, -0.1) is 11.3 Å². The van der Waals surface area contributed by atoms with Gasteiger partial charge in [-0.3, -0.25) is 9.59 Å². The van der Waals surface area contributed by atoms with Crippen molar-refractivity contribution in [3.8, 4) is 0 Å². The maximum atomic E-state index is 13.0. The highest BCUT2D eigenvalue weighted by Gasteiger charge is 2.31. The molecule has 0 saturated carbocycles. The SMILES string of the molecule is Cc1ccc(C(=O)CC(C(=O)c2ccc(C(F)(F)F)cc2)c2cccs2)cc1. The van der Waals surface area contributed by atoms with Crippen LogP contribution in [0.3, 0.4) is 0 Å². The average molecular weight is 402 g/mol. The van der Waals surface area contributed by atoms with E-state index in [0.29, 0.717) is 10.4 Å². The fraction of sp³-hybridized carbons (Fsp3) is 0.182. The summed E-state index contributed by atoms with van der Waals surface area (Å²) in [6.07, 6.45) is -4.50. The van der Waals surface area contributed by atoms with Gasteiger partial charge < -0.3 is 0 Å². The molecule has 0 saturated heterocycles. The van der Waals surface area contributed by atoms with E-state index >= 15 is 0 Å². The predicted octanol–water partition coefficient (Wildman–Crippen LogP) is 6.31. The summed E-state index contributed by atoms with van der Waals surface area (Å²) in [7, 11) is 0. The lowest BCUT2D eigenvalue weighted by molar-refractivity contribution is -0.137. The molecule has 6 heteroatoms. The van der Waals surface area contributed by atoms with Crippen LogP contribution in [0.2, 0.25) is 0 Å². The van der Waals surface area contributed by atoms with Gasteiger partial charge in [-0.2, -0.15) is 13.2 Å². The van der Waals surface area contributed by atoms with Crippen molar-refractivity contribution in [3.63, 3.8) is 0 Å². The molecule has 0 spiro atoms. The van der Waals surface area contributed by atoms with Crippen molar-refractivity contribution in [1.82, 2.24) is 0 Å². The number of benzene rings is 2. The summed E-state index contributed by atoms with van der Waals surface area (Å²) in [5.41, 5.74) is 0.870. The van der Waals surface area contributed by atoms with Crippen LogP contribution < -0.4 is 0 Å². The summed E-state index contributed by atoms with van der Waals surface area (Å²) in [4.78, 5) is 26.4. The maximum Gasteiger partial charge on any atom is 0.416 e. The Morgan fingerprint density at radius 2 is 1.54 bits per heavy atom. The Morgan fingerprint density at radius 1 is 0.929 bits per heavy atom. The van der Waals surface area contributed by atoms with Crippen molar-refractivity contribution in [2.24, 2.45) is 0 Å². The molecule has 2 aromatic carbocycles. The van der Waals surface area contributed by atoms with Crippen LogP contribution in [-0.4, -0.2) is 11.6 Å². The van der Waals surface area contributed by atoms with Crippen LogP contribution in [0.5, 0.6) is 0 Å². The van der Waals surface area contributed by atoms with Crippen molar-refractivity contribution < 1.29 is 22.8 Å². The van der Waals surface area contributed by atoms with Gasteiger partial charge in [0.25, 0.3) is 0 Å². The van der Waals surface area contributed by atoms with Gasteiger partial charge in [0.1, 0.15) is 0 Å². The monoisotopic (exact) mass is 402 g/mol. The number of halogens is 3. The summed E-state index contributed by atoms with van der Waals surface area (Å²) >= 11 is 1.35. The molecule has 0 fully saturated rings. The van der Waals surface area contributed by atoms with Crippen LogP contribution in [0, 0.1) is 6.92 Å². The number of alkyl halides is 3. The van der Waals surface area contributed by atoms with E-state index < -0.39 is 17.7 Å². The number of hydrogen-bond acceptors (Lipinski definition) is 3. The molecular formula is C22H17F3O2S.